The minimum Gasteiger partial charge on any atom is -0.481 e. The molecule has 0 aliphatic heterocycles. The van der Waals surface area contributed by atoms with Crippen molar-refractivity contribution in [3.63, 3.8) is 0 Å². The minimum atomic E-state index is -0.995. The van der Waals surface area contributed by atoms with Gasteiger partial charge in [0.05, 0.1) is 5.56 Å². The molecule has 1 rings (SSSR count). The summed E-state index contributed by atoms with van der Waals surface area (Å²) in [7, 11) is 1.52. The Hall–Kier alpha value is -2.04. The van der Waals surface area contributed by atoms with Crippen LogP contribution in [0, 0.1) is 0 Å². The van der Waals surface area contributed by atoms with Crippen LogP contribution in [0.2, 0.25) is 0 Å². The van der Waals surface area contributed by atoms with Gasteiger partial charge in [-0.3, -0.25) is 4.79 Å². The molecule has 0 aromatic heterocycles. The fourth-order valence-electron chi connectivity index (χ4n) is 1.14. The van der Waals surface area contributed by atoms with E-state index in [0.717, 1.165) is 0 Å². The number of aromatic carboxylic acids is 1. The van der Waals surface area contributed by atoms with E-state index in [1.807, 2.05) is 0 Å². The number of nitrogens with one attached hydrogen (secondary N) is 1. The van der Waals surface area contributed by atoms with Crippen LogP contribution in [0.4, 0.5) is 0 Å². The van der Waals surface area contributed by atoms with Crippen molar-refractivity contribution in [1.82, 2.24) is 5.32 Å². The largest absolute Gasteiger partial charge is 0.481 e. The highest BCUT2D eigenvalue weighted by Crippen LogP contribution is 2.13. The van der Waals surface area contributed by atoms with E-state index in [9.17, 15) is 9.59 Å². The third kappa shape index (κ3) is 2.98. The molecule has 86 valence electrons. The highest BCUT2D eigenvalue weighted by Gasteiger charge is 2.12. The summed E-state index contributed by atoms with van der Waals surface area (Å²) < 4.78 is 5.30. The molecule has 0 aliphatic carbocycles. The van der Waals surface area contributed by atoms with Crippen molar-refractivity contribution in [1.29, 1.82) is 0 Å². The van der Waals surface area contributed by atoms with Gasteiger partial charge in [-0.25, -0.2) is 4.79 Å². The van der Waals surface area contributed by atoms with Gasteiger partial charge in [0, 0.05) is 7.05 Å². The number of amides is 1. The Morgan fingerprint density at radius 1 is 1.31 bits per heavy atom. The third-order valence-corrected chi connectivity index (χ3v) is 2.03. The Morgan fingerprint density at radius 3 is 2.31 bits per heavy atom. The number of rotatable bonds is 4. The summed E-state index contributed by atoms with van der Waals surface area (Å²) in [6.45, 7) is 1.62. The van der Waals surface area contributed by atoms with Gasteiger partial charge in [0.25, 0.3) is 5.91 Å². The van der Waals surface area contributed by atoms with Gasteiger partial charge in [-0.15, -0.1) is 0 Å². The van der Waals surface area contributed by atoms with Gasteiger partial charge in [0.2, 0.25) is 0 Å². The van der Waals surface area contributed by atoms with Crippen LogP contribution in [0.1, 0.15) is 17.3 Å². The van der Waals surface area contributed by atoms with E-state index in [-0.39, 0.29) is 11.5 Å². The molecular formula is C11H13NO4. The van der Waals surface area contributed by atoms with E-state index in [0.29, 0.717) is 5.75 Å². The third-order valence-electron chi connectivity index (χ3n) is 2.03. The Bertz CT molecular complexity index is 385. The number of likely N-dealkylation sites (N-methyl/N-ethyl adjacent to an activating group) is 1. The summed E-state index contributed by atoms with van der Waals surface area (Å²) in [5.74, 6) is -0.769. The van der Waals surface area contributed by atoms with Gasteiger partial charge < -0.3 is 15.2 Å². The Kier molecular flexibility index (Phi) is 3.88. The van der Waals surface area contributed by atoms with Crippen LogP contribution in [0.3, 0.4) is 0 Å². The molecule has 0 fully saturated rings. The standard InChI is InChI=1S/C11H13NO4/c1-7(10(13)12-2)16-9-5-3-8(4-6-9)11(14)15/h3-7H,1-2H3,(H,12,13)(H,14,15). The van der Waals surface area contributed by atoms with Crippen LogP contribution in [0.25, 0.3) is 0 Å². The van der Waals surface area contributed by atoms with Crippen molar-refractivity contribution >= 4 is 11.9 Å². The van der Waals surface area contributed by atoms with Gasteiger partial charge >= 0.3 is 5.97 Å². The predicted octanol–water partition coefficient (Wildman–Crippen LogP) is 0.898. The zero-order valence-corrected chi connectivity index (χ0v) is 9.06. The molecule has 5 heteroatoms. The molecule has 0 heterocycles. The summed E-state index contributed by atoms with van der Waals surface area (Å²) in [5, 5.41) is 11.1. The molecule has 5 nitrogen and oxygen atoms in total. The molecule has 1 amide bonds. The normalized spacial score (nSPS) is 11.6. The second-order valence-electron chi connectivity index (χ2n) is 3.20. The van der Waals surface area contributed by atoms with E-state index in [1.165, 1.54) is 31.3 Å². The van der Waals surface area contributed by atoms with Crippen molar-refractivity contribution in [2.45, 2.75) is 13.0 Å². The van der Waals surface area contributed by atoms with E-state index >= 15 is 0 Å². The van der Waals surface area contributed by atoms with E-state index < -0.39 is 12.1 Å². The number of benzene rings is 1. The molecule has 0 aliphatic rings. The Morgan fingerprint density at radius 2 is 1.88 bits per heavy atom. The average molecular weight is 223 g/mol. The van der Waals surface area contributed by atoms with Gasteiger partial charge in [0.1, 0.15) is 5.75 Å². The highest BCUT2D eigenvalue weighted by molar-refractivity contribution is 5.87. The van der Waals surface area contributed by atoms with Crippen LogP contribution in [0.15, 0.2) is 24.3 Å². The van der Waals surface area contributed by atoms with E-state index in [2.05, 4.69) is 5.32 Å². The molecule has 16 heavy (non-hydrogen) atoms. The first kappa shape index (κ1) is 12.0. The zero-order valence-electron chi connectivity index (χ0n) is 9.06. The smallest absolute Gasteiger partial charge is 0.335 e. The number of ether oxygens (including phenoxy) is 1. The number of carbonyl (C=O) groups is 2. The Labute approximate surface area is 93.0 Å². The van der Waals surface area contributed by atoms with Crippen molar-refractivity contribution in [2.75, 3.05) is 7.05 Å². The lowest BCUT2D eigenvalue weighted by Gasteiger charge is -2.12. The molecule has 1 unspecified atom stereocenters. The van der Waals surface area contributed by atoms with Gasteiger partial charge in [-0.1, -0.05) is 0 Å². The van der Waals surface area contributed by atoms with Gasteiger partial charge in [0.15, 0.2) is 6.10 Å². The number of hydrogen-bond acceptors (Lipinski definition) is 3. The second kappa shape index (κ2) is 5.16. The first-order valence-electron chi connectivity index (χ1n) is 4.76. The maximum atomic E-state index is 11.2. The first-order valence-corrected chi connectivity index (χ1v) is 4.76. The monoisotopic (exact) mass is 223 g/mol. The second-order valence-corrected chi connectivity index (χ2v) is 3.20. The lowest BCUT2D eigenvalue weighted by molar-refractivity contribution is -0.126. The van der Waals surface area contributed by atoms with Gasteiger partial charge in [-0.2, -0.15) is 0 Å². The van der Waals surface area contributed by atoms with Crippen molar-refractivity contribution in [2.24, 2.45) is 0 Å². The van der Waals surface area contributed by atoms with Crippen LogP contribution in [0.5, 0.6) is 5.75 Å². The summed E-state index contributed by atoms with van der Waals surface area (Å²) in [6, 6.07) is 5.88. The summed E-state index contributed by atoms with van der Waals surface area (Å²) in [4.78, 5) is 21.7. The number of carbonyl (C=O) groups excluding carboxylic acids is 1. The van der Waals surface area contributed by atoms with E-state index in [4.69, 9.17) is 9.84 Å². The summed E-state index contributed by atoms with van der Waals surface area (Å²) >= 11 is 0. The molecule has 0 saturated heterocycles. The van der Waals surface area contributed by atoms with Crippen molar-refractivity contribution < 1.29 is 19.4 Å². The molecule has 0 saturated carbocycles. The van der Waals surface area contributed by atoms with Crippen molar-refractivity contribution in [3.8, 4) is 5.75 Å². The SMILES string of the molecule is CNC(=O)C(C)Oc1ccc(C(=O)O)cc1. The van der Waals surface area contributed by atoms with Crippen LogP contribution in [-0.2, 0) is 4.79 Å². The molecule has 1 aromatic carbocycles. The lowest BCUT2D eigenvalue weighted by Crippen LogP contribution is -2.33. The summed E-state index contributed by atoms with van der Waals surface area (Å²) in [5.41, 5.74) is 0.181. The highest BCUT2D eigenvalue weighted by atomic mass is 16.5. The maximum absolute atomic E-state index is 11.2. The predicted molar refractivity (Wildman–Crippen MR) is 57.6 cm³/mol. The lowest BCUT2D eigenvalue weighted by atomic mass is 10.2. The topological polar surface area (TPSA) is 75.6 Å². The van der Waals surface area contributed by atoms with E-state index in [1.54, 1.807) is 6.92 Å². The first-order chi connectivity index (χ1) is 7.54. The molecule has 0 bridgehead atoms. The summed E-state index contributed by atoms with van der Waals surface area (Å²) in [6.07, 6.45) is -0.610. The van der Waals surface area contributed by atoms with Crippen LogP contribution >= 0.6 is 0 Å². The fraction of sp³-hybridized carbons (Fsp3) is 0.273. The Balaban J connectivity index is 2.68. The molecule has 0 spiro atoms. The maximum Gasteiger partial charge on any atom is 0.335 e. The van der Waals surface area contributed by atoms with Crippen LogP contribution in [-0.4, -0.2) is 30.1 Å². The number of carboxylic acid groups (broad SMARTS) is 1. The van der Waals surface area contributed by atoms with Crippen LogP contribution < -0.4 is 10.1 Å². The molecule has 0 radical (unpaired) electrons. The van der Waals surface area contributed by atoms with Crippen molar-refractivity contribution in [3.05, 3.63) is 29.8 Å². The minimum absolute atomic E-state index is 0.181. The van der Waals surface area contributed by atoms with Gasteiger partial charge in [-0.05, 0) is 31.2 Å². The quantitative estimate of drug-likeness (QED) is 0.795. The molecule has 1 atom stereocenters. The number of carboxylic acids is 1. The molecule has 1 aromatic rings. The zero-order chi connectivity index (χ0) is 12.1. The fourth-order valence-corrected chi connectivity index (χ4v) is 1.14. The molecular weight excluding hydrogens is 210 g/mol. The average Bonchev–Trinajstić information content (AvgIpc) is 2.28. The number of hydrogen-bond donors (Lipinski definition) is 2. The molecule has 2 N–H and O–H groups in total.